The zero-order valence-electron chi connectivity index (χ0n) is 15.3. The summed E-state index contributed by atoms with van der Waals surface area (Å²) in [7, 11) is 0. The van der Waals surface area contributed by atoms with E-state index in [0.29, 0.717) is 23.5 Å². The van der Waals surface area contributed by atoms with Crippen molar-refractivity contribution in [2.45, 2.75) is 13.0 Å². The Labute approximate surface area is 163 Å². The standard InChI is InChI=1S/C22H21N3O3/c23-20-6-2-1-4-18(20)12-21(26)17-9-7-16(8-10-17)13-25-22(27)15-28-19-5-3-11-24-14-19/h1-11,14H,12-13,15,23H2,(H,25,27). The van der Waals surface area contributed by atoms with Crippen LogP contribution in [-0.2, 0) is 17.8 Å². The van der Waals surface area contributed by atoms with E-state index < -0.39 is 0 Å². The minimum absolute atomic E-state index is 0.00152. The van der Waals surface area contributed by atoms with Gasteiger partial charge in [-0.3, -0.25) is 14.6 Å². The summed E-state index contributed by atoms with van der Waals surface area (Å²) in [5, 5.41) is 2.78. The number of Topliss-reactive ketones (excluding diaryl/α,β-unsaturated/α-hetero) is 1. The second-order valence-electron chi connectivity index (χ2n) is 6.25. The van der Waals surface area contributed by atoms with Crippen molar-refractivity contribution in [2.24, 2.45) is 0 Å². The molecule has 2 aromatic carbocycles. The number of hydrogen-bond donors (Lipinski definition) is 2. The molecule has 6 nitrogen and oxygen atoms in total. The van der Waals surface area contributed by atoms with E-state index in [9.17, 15) is 9.59 Å². The third-order valence-electron chi connectivity index (χ3n) is 4.18. The minimum Gasteiger partial charge on any atom is -0.482 e. The molecule has 142 valence electrons. The molecule has 3 aromatic rings. The maximum absolute atomic E-state index is 12.4. The monoisotopic (exact) mass is 375 g/mol. The Hall–Kier alpha value is -3.67. The van der Waals surface area contributed by atoms with Crippen LogP contribution in [0.4, 0.5) is 5.69 Å². The first-order valence-electron chi connectivity index (χ1n) is 8.87. The quantitative estimate of drug-likeness (QED) is 0.466. The van der Waals surface area contributed by atoms with Crippen molar-refractivity contribution in [3.63, 3.8) is 0 Å². The Morgan fingerprint density at radius 2 is 1.79 bits per heavy atom. The van der Waals surface area contributed by atoms with Gasteiger partial charge in [-0.15, -0.1) is 0 Å². The molecule has 0 unspecified atom stereocenters. The number of rotatable bonds is 8. The number of para-hydroxylation sites is 1. The van der Waals surface area contributed by atoms with Gasteiger partial charge in [-0.2, -0.15) is 0 Å². The summed E-state index contributed by atoms with van der Waals surface area (Å²) >= 11 is 0. The van der Waals surface area contributed by atoms with Crippen molar-refractivity contribution >= 4 is 17.4 Å². The highest BCUT2D eigenvalue weighted by Gasteiger charge is 2.09. The molecule has 0 radical (unpaired) electrons. The van der Waals surface area contributed by atoms with E-state index in [4.69, 9.17) is 10.5 Å². The van der Waals surface area contributed by atoms with Crippen LogP contribution in [0.2, 0.25) is 0 Å². The number of benzene rings is 2. The third-order valence-corrected chi connectivity index (χ3v) is 4.18. The summed E-state index contributed by atoms with van der Waals surface area (Å²) in [4.78, 5) is 28.2. The smallest absolute Gasteiger partial charge is 0.258 e. The Balaban J connectivity index is 1.48. The Bertz CT molecular complexity index is 941. The van der Waals surface area contributed by atoms with Gasteiger partial charge in [-0.25, -0.2) is 0 Å². The fourth-order valence-corrected chi connectivity index (χ4v) is 2.61. The fraction of sp³-hybridized carbons (Fsp3) is 0.136. The number of carbonyl (C=O) groups is 2. The molecule has 1 heterocycles. The Morgan fingerprint density at radius 3 is 2.50 bits per heavy atom. The number of nitrogens with two attached hydrogens (primary N) is 1. The number of aromatic nitrogens is 1. The van der Waals surface area contributed by atoms with Gasteiger partial charge in [0.2, 0.25) is 0 Å². The number of amides is 1. The topological polar surface area (TPSA) is 94.3 Å². The highest BCUT2D eigenvalue weighted by Crippen LogP contribution is 2.15. The molecule has 0 saturated carbocycles. The predicted molar refractivity (Wildman–Crippen MR) is 107 cm³/mol. The van der Waals surface area contributed by atoms with Gasteiger partial charge in [-0.05, 0) is 29.3 Å². The van der Waals surface area contributed by atoms with Crippen molar-refractivity contribution in [3.8, 4) is 5.75 Å². The molecule has 0 spiro atoms. The highest BCUT2D eigenvalue weighted by atomic mass is 16.5. The number of pyridine rings is 1. The SMILES string of the molecule is Nc1ccccc1CC(=O)c1ccc(CNC(=O)COc2cccnc2)cc1. The normalized spacial score (nSPS) is 10.3. The summed E-state index contributed by atoms with van der Waals surface area (Å²) in [6.07, 6.45) is 3.44. The molecule has 0 atom stereocenters. The number of ketones is 1. The zero-order valence-corrected chi connectivity index (χ0v) is 15.3. The average Bonchev–Trinajstić information content (AvgIpc) is 2.73. The molecule has 1 amide bonds. The number of nitrogens with zero attached hydrogens (tertiary/aromatic N) is 1. The second kappa shape index (κ2) is 9.32. The van der Waals surface area contributed by atoms with E-state index in [0.717, 1.165) is 11.1 Å². The Kier molecular flexibility index (Phi) is 6.36. The van der Waals surface area contributed by atoms with Crippen LogP contribution < -0.4 is 15.8 Å². The van der Waals surface area contributed by atoms with Crippen molar-refractivity contribution < 1.29 is 14.3 Å². The number of nitrogens with one attached hydrogen (secondary N) is 1. The van der Waals surface area contributed by atoms with E-state index >= 15 is 0 Å². The molecule has 0 fully saturated rings. The van der Waals surface area contributed by atoms with Crippen molar-refractivity contribution in [3.05, 3.63) is 89.7 Å². The van der Waals surface area contributed by atoms with Gasteiger partial charge in [0, 0.05) is 30.4 Å². The summed E-state index contributed by atoms with van der Waals surface area (Å²) < 4.78 is 5.34. The molecule has 6 heteroatoms. The lowest BCUT2D eigenvalue weighted by atomic mass is 10.0. The van der Waals surface area contributed by atoms with Crippen LogP contribution in [-0.4, -0.2) is 23.3 Å². The summed E-state index contributed by atoms with van der Waals surface area (Å²) in [6.45, 7) is 0.274. The van der Waals surface area contributed by atoms with Crippen LogP contribution in [0.1, 0.15) is 21.5 Å². The average molecular weight is 375 g/mol. The first-order valence-corrected chi connectivity index (χ1v) is 8.87. The number of ether oxygens (including phenoxy) is 1. The molecular weight excluding hydrogens is 354 g/mol. The molecule has 28 heavy (non-hydrogen) atoms. The fourth-order valence-electron chi connectivity index (χ4n) is 2.61. The highest BCUT2D eigenvalue weighted by molar-refractivity contribution is 5.98. The lowest BCUT2D eigenvalue weighted by molar-refractivity contribution is -0.123. The van der Waals surface area contributed by atoms with Gasteiger partial charge < -0.3 is 15.8 Å². The van der Waals surface area contributed by atoms with E-state index in [1.807, 2.05) is 30.3 Å². The lowest BCUT2D eigenvalue weighted by Gasteiger charge is -2.08. The van der Waals surface area contributed by atoms with Crippen LogP contribution in [0.15, 0.2) is 73.1 Å². The van der Waals surface area contributed by atoms with Gasteiger partial charge in [0.05, 0.1) is 6.20 Å². The van der Waals surface area contributed by atoms with Crippen LogP contribution in [0.25, 0.3) is 0 Å². The molecule has 0 aliphatic carbocycles. The van der Waals surface area contributed by atoms with E-state index in [1.165, 1.54) is 0 Å². The lowest BCUT2D eigenvalue weighted by Crippen LogP contribution is -2.28. The summed E-state index contributed by atoms with van der Waals surface area (Å²) in [6, 6.07) is 18.0. The van der Waals surface area contributed by atoms with Gasteiger partial charge in [0.1, 0.15) is 5.75 Å². The molecule has 0 aliphatic rings. The molecule has 0 saturated heterocycles. The van der Waals surface area contributed by atoms with E-state index in [-0.39, 0.29) is 24.7 Å². The van der Waals surface area contributed by atoms with E-state index in [2.05, 4.69) is 10.3 Å². The maximum atomic E-state index is 12.4. The molecule has 0 bridgehead atoms. The van der Waals surface area contributed by atoms with Gasteiger partial charge in [0.25, 0.3) is 5.91 Å². The number of carbonyl (C=O) groups excluding carboxylic acids is 2. The largest absolute Gasteiger partial charge is 0.482 e. The molecular formula is C22H21N3O3. The number of nitrogen functional groups attached to an aromatic ring is 1. The minimum atomic E-state index is -0.233. The zero-order chi connectivity index (χ0) is 19.8. The van der Waals surface area contributed by atoms with Gasteiger partial charge in [-0.1, -0.05) is 42.5 Å². The number of anilines is 1. The third kappa shape index (κ3) is 5.41. The number of hydrogen-bond acceptors (Lipinski definition) is 5. The molecule has 0 aliphatic heterocycles. The van der Waals surface area contributed by atoms with Crippen LogP contribution in [0, 0.1) is 0 Å². The molecule has 1 aromatic heterocycles. The summed E-state index contributed by atoms with van der Waals surface area (Å²) in [5.41, 5.74) is 8.83. The maximum Gasteiger partial charge on any atom is 0.258 e. The summed E-state index contributed by atoms with van der Waals surface area (Å²) in [5.74, 6) is 0.307. The van der Waals surface area contributed by atoms with Crippen molar-refractivity contribution in [1.29, 1.82) is 0 Å². The molecule has 3 rings (SSSR count). The van der Waals surface area contributed by atoms with Crippen molar-refractivity contribution in [2.75, 3.05) is 12.3 Å². The second-order valence-corrected chi connectivity index (χ2v) is 6.25. The van der Waals surface area contributed by atoms with Crippen molar-refractivity contribution in [1.82, 2.24) is 10.3 Å². The first kappa shape index (κ1) is 19.1. The van der Waals surface area contributed by atoms with Gasteiger partial charge in [0.15, 0.2) is 12.4 Å². The predicted octanol–water partition coefficient (Wildman–Crippen LogP) is 2.78. The Morgan fingerprint density at radius 1 is 1.00 bits per heavy atom. The first-order chi connectivity index (χ1) is 13.6. The van der Waals surface area contributed by atoms with Gasteiger partial charge >= 0.3 is 0 Å². The molecule has 3 N–H and O–H groups in total. The van der Waals surface area contributed by atoms with E-state index in [1.54, 1.807) is 42.7 Å². The van der Waals surface area contributed by atoms with Crippen LogP contribution >= 0.6 is 0 Å². The van der Waals surface area contributed by atoms with Crippen LogP contribution in [0.5, 0.6) is 5.75 Å². The van der Waals surface area contributed by atoms with Crippen LogP contribution in [0.3, 0.4) is 0 Å².